The van der Waals surface area contributed by atoms with E-state index >= 15 is 0 Å². The molecule has 18 heavy (non-hydrogen) atoms. The minimum absolute atomic E-state index is 0.00349. The number of morpholine rings is 1. The van der Waals surface area contributed by atoms with Crippen molar-refractivity contribution in [3.63, 3.8) is 0 Å². The summed E-state index contributed by atoms with van der Waals surface area (Å²) in [7, 11) is 0. The molecule has 7 heteroatoms. The Bertz CT molecular complexity index is 342. The number of ether oxygens (including phenoxy) is 1. The number of carbonyl (C=O) groups excluding carboxylic acids is 1. The maximum Gasteiger partial charge on any atom is 0.327 e. The number of nitrogens with zero attached hydrogens (tertiary/aromatic N) is 2. The van der Waals surface area contributed by atoms with Crippen LogP contribution < -0.4 is 0 Å². The van der Waals surface area contributed by atoms with Gasteiger partial charge in [0.1, 0.15) is 6.04 Å². The molecule has 3 atom stereocenters. The van der Waals surface area contributed by atoms with Crippen molar-refractivity contribution in [2.75, 3.05) is 24.7 Å². The van der Waals surface area contributed by atoms with Gasteiger partial charge in [0.05, 0.1) is 18.1 Å². The van der Waals surface area contributed by atoms with Crippen molar-refractivity contribution >= 4 is 23.8 Å². The van der Waals surface area contributed by atoms with Gasteiger partial charge in [0.2, 0.25) is 0 Å². The number of amides is 2. The molecule has 6 nitrogen and oxygen atoms in total. The van der Waals surface area contributed by atoms with Gasteiger partial charge in [-0.3, -0.25) is 0 Å². The van der Waals surface area contributed by atoms with Gasteiger partial charge >= 0.3 is 12.0 Å². The molecule has 0 radical (unpaired) electrons. The Kier molecular flexibility index (Phi) is 4.01. The van der Waals surface area contributed by atoms with Crippen molar-refractivity contribution in [1.82, 2.24) is 9.80 Å². The van der Waals surface area contributed by atoms with Crippen LogP contribution in [0, 0.1) is 0 Å². The molecule has 0 bridgehead atoms. The van der Waals surface area contributed by atoms with Crippen molar-refractivity contribution in [3.05, 3.63) is 0 Å². The van der Waals surface area contributed by atoms with E-state index in [2.05, 4.69) is 0 Å². The van der Waals surface area contributed by atoms with Gasteiger partial charge in [-0.25, -0.2) is 9.59 Å². The van der Waals surface area contributed by atoms with E-state index in [-0.39, 0.29) is 18.2 Å². The van der Waals surface area contributed by atoms with Crippen molar-refractivity contribution in [1.29, 1.82) is 0 Å². The third-order valence-corrected chi connectivity index (χ3v) is 4.12. The monoisotopic (exact) mass is 274 g/mol. The average molecular weight is 274 g/mol. The maximum atomic E-state index is 12.3. The van der Waals surface area contributed by atoms with Crippen LogP contribution in [0.15, 0.2) is 0 Å². The zero-order chi connectivity index (χ0) is 13.3. The van der Waals surface area contributed by atoms with Gasteiger partial charge in [0.15, 0.2) is 0 Å². The van der Waals surface area contributed by atoms with E-state index in [0.717, 1.165) is 0 Å². The first kappa shape index (κ1) is 13.5. The fraction of sp³-hybridized carbons (Fsp3) is 0.818. The van der Waals surface area contributed by atoms with E-state index in [9.17, 15) is 9.59 Å². The highest BCUT2D eigenvalue weighted by Gasteiger charge is 2.38. The van der Waals surface area contributed by atoms with Gasteiger partial charge in [-0.1, -0.05) is 0 Å². The Hall–Kier alpha value is -0.950. The van der Waals surface area contributed by atoms with Crippen molar-refractivity contribution < 1.29 is 19.4 Å². The number of carboxylic acids is 1. The zero-order valence-corrected chi connectivity index (χ0v) is 11.4. The van der Waals surface area contributed by atoms with E-state index in [1.807, 2.05) is 13.8 Å². The lowest BCUT2D eigenvalue weighted by Gasteiger charge is -2.37. The normalized spacial score (nSPS) is 32.7. The Morgan fingerprint density at radius 2 is 1.89 bits per heavy atom. The second-order valence-electron chi connectivity index (χ2n) is 4.77. The molecular formula is C11H18N2O4S. The quantitative estimate of drug-likeness (QED) is 0.761. The highest BCUT2D eigenvalue weighted by atomic mass is 32.2. The predicted molar refractivity (Wildman–Crippen MR) is 67.6 cm³/mol. The lowest BCUT2D eigenvalue weighted by atomic mass is 10.2. The van der Waals surface area contributed by atoms with E-state index in [1.54, 1.807) is 4.90 Å². The molecule has 102 valence electrons. The van der Waals surface area contributed by atoms with E-state index in [1.165, 1.54) is 16.7 Å². The first-order chi connectivity index (χ1) is 8.49. The number of hydrogen-bond donors (Lipinski definition) is 1. The molecule has 2 amide bonds. The molecule has 2 aliphatic rings. The molecule has 2 saturated heterocycles. The standard InChI is InChI=1S/C11H18N2O4S/c1-7-3-12(4-8(2)17-7)11(16)13-6-18-5-9(13)10(14)15/h7-9H,3-6H2,1-2H3,(H,14,15)/t7-,8+,9-/m0/s1. The number of rotatable bonds is 1. The summed E-state index contributed by atoms with van der Waals surface area (Å²) in [5.41, 5.74) is 0. The van der Waals surface area contributed by atoms with Gasteiger partial charge < -0.3 is 19.6 Å². The fourth-order valence-corrected chi connectivity index (χ4v) is 3.49. The van der Waals surface area contributed by atoms with Crippen LogP contribution in [0.1, 0.15) is 13.8 Å². The molecule has 0 aliphatic carbocycles. The number of aliphatic carboxylic acids is 1. The zero-order valence-electron chi connectivity index (χ0n) is 10.5. The third kappa shape index (κ3) is 2.72. The molecule has 0 spiro atoms. The molecule has 0 aromatic heterocycles. The summed E-state index contributed by atoms with van der Waals surface area (Å²) in [5.74, 6) is -0.00499. The van der Waals surface area contributed by atoms with Gasteiger partial charge in [0.25, 0.3) is 0 Å². The van der Waals surface area contributed by atoms with Crippen LogP contribution in [0.2, 0.25) is 0 Å². The van der Waals surface area contributed by atoms with Crippen LogP contribution in [0.3, 0.4) is 0 Å². The molecule has 0 unspecified atom stereocenters. The summed E-state index contributed by atoms with van der Waals surface area (Å²) in [5, 5.41) is 9.08. The number of carboxylic acid groups (broad SMARTS) is 1. The van der Waals surface area contributed by atoms with Crippen molar-refractivity contribution in [2.24, 2.45) is 0 Å². The molecule has 2 heterocycles. The summed E-state index contributed by atoms with van der Waals surface area (Å²) >= 11 is 1.48. The highest BCUT2D eigenvalue weighted by molar-refractivity contribution is 7.99. The van der Waals surface area contributed by atoms with Crippen molar-refractivity contribution in [3.8, 4) is 0 Å². The first-order valence-electron chi connectivity index (χ1n) is 6.00. The van der Waals surface area contributed by atoms with Gasteiger partial charge in [-0.2, -0.15) is 0 Å². The molecule has 0 aromatic rings. The molecule has 2 aliphatic heterocycles. The van der Waals surface area contributed by atoms with Crippen LogP contribution in [0.5, 0.6) is 0 Å². The summed E-state index contributed by atoms with van der Waals surface area (Å²) < 4.78 is 5.57. The van der Waals surface area contributed by atoms with E-state index < -0.39 is 12.0 Å². The molecule has 0 saturated carbocycles. The number of carbonyl (C=O) groups is 2. The molecule has 2 fully saturated rings. The van der Waals surface area contributed by atoms with E-state index in [4.69, 9.17) is 9.84 Å². The second kappa shape index (κ2) is 5.36. The lowest BCUT2D eigenvalue weighted by molar-refractivity contribution is -0.141. The summed E-state index contributed by atoms with van der Waals surface area (Å²) in [6, 6.07) is -0.884. The van der Waals surface area contributed by atoms with Crippen molar-refractivity contribution in [2.45, 2.75) is 32.1 Å². The Morgan fingerprint density at radius 1 is 1.28 bits per heavy atom. The summed E-state index contributed by atoms with van der Waals surface area (Å²) in [4.78, 5) is 26.5. The predicted octanol–water partition coefficient (Wildman–Crippen LogP) is 0.675. The molecular weight excluding hydrogens is 256 g/mol. The largest absolute Gasteiger partial charge is 0.480 e. The first-order valence-corrected chi connectivity index (χ1v) is 7.16. The van der Waals surface area contributed by atoms with Gasteiger partial charge in [0, 0.05) is 18.8 Å². The molecule has 1 N–H and O–H groups in total. The SMILES string of the molecule is C[C@@H]1CN(C(=O)N2CSC[C@H]2C(=O)O)C[C@H](C)O1. The smallest absolute Gasteiger partial charge is 0.327 e. The second-order valence-corrected chi connectivity index (χ2v) is 5.77. The summed E-state index contributed by atoms with van der Waals surface area (Å²) in [6.45, 7) is 4.89. The van der Waals surface area contributed by atoms with Crippen LogP contribution in [0.25, 0.3) is 0 Å². The maximum absolute atomic E-state index is 12.3. The van der Waals surface area contributed by atoms with E-state index in [0.29, 0.717) is 24.7 Å². The Labute approximate surface area is 110 Å². The van der Waals surface area contributed by atoms with Gasteiger partial charge in [-0.05, 0) is 13.8 Å². The van der Waals surface area contributed by atoms with Crippen LogP contribution in [-0.4, -0.2) is 69.9 Å². The minimum Gasteiger partial charge on any atom is -0.480 e. The molecule has 0 aromatic carbocycles. The van der Waals surface area contributed by atoms with Crippen LogP contribution in [0.4, 0.5) is 4.79 Å². The molecule has 2 rings (SSSR count). The van der Waals surface area contributed by atoms with Gasteiger partial charge in [-0.15, -0.1) is 11.8 Å². The minimum atomic E-state index is -0.928. The Morgan fingerprint density at radius 3 is 2.44 bits per heavy atom. The Balaban J connectivity index is 2.04. The number of thioether (sulfide) groups is 1. The van der Waals surface area contributed by atoms with Crippen LogP contribution >= 0.6 is 11.8 Å². The van der Waals surface area contributed by atoms with Crippen LogP contribution in [-0.2, 0) is 9.53 Å². The topological polar surface area (TPSA) is 70.1 Å². The highest BCUT2D eigenvalue weighted by Crippen LogP contribution is 2.24. The average Bonchev–Trinajstić information content (AvgIpc) is 2.75. The lowest BCUT2D eigenvalue weighted by Crippen LogP contribution is -2.55. The third-order valence-electron chi connectivity index (χ3n) is 3.10. The summed E-state index contributed by atoms with van der Waals surface area (Å²) in [6.07, 6.45) is -0.00697. The number of hydrogen-bond acceptors (Lipinski definition) is 4. The number of urea groups is 1. The fourth-order valence-electron chi connectivity index (χ4n) is 2.35.